The van der Waals surface area contributed by atoms with Crippen molar-refractivity contribution in [3.63, 3.8) is 0 Å². The quantitative estimate of drug-likeness (QED) is 0.249. The van der Waals surface area contributed by atoms with Crippen molar-refractivity contribution >= 4 is 25.2 Å². The lowest BCUT2D eigenvalue weighted by molar-refractivity contribution is 0.310. The van der Waals surface area contributed by atoms with Crippen LogP contribution < -0.4 is 11.5 Å². The van der Waals surface area contributed by atoms with Gasteiger partial charge in [-0.15, -0.1) is 0 Å². The van der Waals surface area contributed by atoms with Crippen molar-refractivity contribution < 1.29 is 8.23 Å². The van der Waals surface area contributed by atoms with Crippen LogP contribution in [0, 0.1) is 0 Å². The zero-order valence-electron chi connectivity index (χ0n) is 6.04. The lowest BCUT2D eigenvalue weighted by Crippen LogP contribution is -2.38. The van der Waals surface area contributed by atoms with Crippen molar-refractivity contribution in [3.05, 3.63) is 0 Å². The number of guanidine groups is 1. The van der Waals surface area contributed by atoms with Crippen LogP contribution in [0.5, 0.6) is 0 Å². The molecule has 0 saturated carbocycles. The molecule has 0 aromatic carbocycles. The van der Waals surface area contributed by atoms with Gasteiger partial charge in [0.15, 0.2) is 5.96 Å². The number of nitrogens with two attached hydrogens (primary N) is 2. The summed E-state index contributed by atoms with van der Waals surface area (Å²) in [5.41, 5.74) is 10.3. The molecule has 5 nitrogen and oxygen atoms in total. The van der Waals surface area contributed by atoms with Gasteiger partial charge < -0.3 is 19.7 Å². The highest BCUT2D eigenvalue weighted by atomic mass is 28.4. The highest BCUT2D eigenvalue weighted by Crippen LogP contribution is 2.07. The molecule has 0 atom stereocenters. The van der Waals surface area contributed by atoms with Gasteiger partial charge in [-0.2, -0.15) is 0 Å². The molecule has 3 radical (unpaired) electrons. The van der Waals surface area contributed by atoms with Crippen LogP contribution in [0.1, 0.15) is 6.42 Å². The average Bonchev–Trinajstić information content (AvgIpc) is 1.82. The van der Waals surface area contributed by atoms with Crippen LogP contribution in [0.2, 0.25) is 6.04 Å². The van der Waals surface area contributed by atoms with Crippen molar-refractivity contribution in [2.45, 2.75) is 12.5 Å². The summed E-state index contributed by atoms with van der Waals surface area (Å²) in [5, 5.41) is 0. The minimum Gasteiger partial charge on any atom is -0.413 e. The largest absolute Gasteiger partial charge is 0.413 e. The summed E-state index contributed by atoms with van der Waals surface area (Å²) >= 11 is 0. The SMILES string of the molecule is NC(N)=NCCC[Si]1O[Si]O1. The van der Waals surface area contributed by atoms with Crippen LogP contribution in [-0.4, -0.2) is 31.8 Å². The van der Waals surface area contributed by atoms with E-state index < -0.39 is 9.28 Å². The molecule has 4 N–H and O–H groups in total. The second-order valence-corrected chi connectivity index (χ2v) is 5.11. The molecule has 1 heterocycles. The van der Waals surface area contributed by atoms with Crippen LogP contribution in [0.15, 0.2) is 4.99 Å². The minimum atomic E-state index is -0.885. The van der Waals surface area contributed by atoms with E-state index in [-0.39, 0.29) is 16.0 Å². The van der Waals surface area contributed by atoms with E-state index in [1.54, 1.807) is 0 Å². The van der Waals surface area contributed by atoms with Gasteiger partial charge in [0.05, 0.1) is 0 Å². The van der Waals surface area contributed by atoms with Gasteiger partial charge in [0, 0.05) is 6.54 Å². The van der Waals surface area contributed by atoms with E-state index in [4.69, 9.17) is 19.7 Å². The van der Waals surface area contributed by atoms with Gasteiger partial charge >= 0.3 is 19.3 Å². The van der Waals surface area contributed by atoms with Gasteiger partial charge in [-0.25, -0.2) is 0 Å². The molecule has 0 aliphatic carbocycles. The van der Waals surface area contributed by atoms with E-state index in [2.05, 4.69) is 4.99 Å². The van der Waals surface area contributed by atoms with Gasteiger partial charge in [0.2, 0.25) is 0 Å². The van der Waals surface area contributed by atoms with E-state index >= 15 is 0 Å². The van der Waals surface area contributed by atoms with Crippen LogP contribution in [-0.2, 0) is 8.23 Å². The molecule has 7 heteroatoms. The molecule has 0 aromatic heterocycles. The summed E-state index contributed by atoms with van der Waals surface area (Å²) in [6.45, 7) is 0.673. The standard InChI is InChI=1S/C4H10N3O2Si2/c5-4(6)7-2-1-3-11-8-10-9-11/h1-3H2,(H4,5,6,7). The lowest BCUT2D eigenvalue weighted by atomic mass is 10.5. The first kappa shape index (κ1) is 8.72. The third-order valence-electron chi connectivity index (χ3n) is 1.14. The Hall–Kier alpha value is -0.376. The second-order valence-electron chi connectivity index (χ2n) is 2.07. The molecule has 1 fully saturated rings. The molecule has 0 amide bonds. The molecule has 0 bridgehead atoms. The van der Waals surface area contributed by atoms with Gasteiger partial charge in [-0.1, -0.05) is 0 Å². The van der Waals surface area contributed by atoms with Crippen LogP contribution in [0.4, 0.5) is 0 Å². The van der Waals surface area contributed by atoms with Gasteiger partial charge in [-0.05, 0) is 12.5 Å². The first-order valence-corrected chi connectivity index (χ1v) is 5.63. The smallest absolute Gasteiger partial charge is 0.413 e. The fourth-order valence-electron chi connectivity index (χ4n) is 0.634. The Morgan fingerprint density at radius 2 is 2.18 bits per heavy atom. The van der Waals surface area contributed by atoms with Crippen LogP contribution >= 0.6 is 0 Å². The molecule has 11 heavy (non-hydrogen) atoms. The first-order valence-electron chi connectivity index (χ1n) is 3.29. The number of hydrogen-bond donors (Lipinski definition) is 2. The van der Waals surface area contributed by atoms with Crippen molar-refractivity contribution in [2.24, 2.45) is 16.5 Å². The second kappa shape index (κ2) is 4.49. The zero-order chi connectivity index (χ0) is 8.10. The Labute approximate surface area is 69.7 Å². The predicted molar refractivity (Wildman–Crippen MR) is 43.8 cm³/mol. The summed E-state index contributed by atoms with van der Waals surface area (Å²) in [7, 11) is -0.616. The van der Waals surface area contributed by atoms with Gasteiger partial charge in [-0.3, -0.25) is 4.99 Å². The van der Waals surface area contributed by atoms with Gasteiger partial charge in [0.1, 0.15) is 0 Å². The normalized spacial score (nSPS) is 17.5. The molecule has 1 saturated heterocycles. The van der Waals surface area contributed by atoms with E-state index in [0.29, 0.717) is 6.54 Å². The van der Waals surface area contributed by atoms with Crippen molar-refractivity contribution in [1.29, 1.82) is 0 Å². The minimum absolute atomic E-state index is 0.152. The molecule has 61 valence electrons. The van der Waals surface area contributed by atoms with Crippen molar-refractivity contribution in [3.8, 4) is 0 Å². The Morgan fingerprint density at radius 3 is 2.64 bits per heavy atom. The topological polar surface area (TPSA) is 82.9 Å². The van der Waals surface area contributed by atoms with E-state index in [1.807, 2.05) is 0 Å². The average molecular weight is 188 g/mol. The molecule has 0 aromatic rings. The Morgan fingerprint density at radius 1 is 1.45 bits per heavy atom. The monoisotopic (exact) mass is 188 g/mol. The molecule has 1 rings (SSSR count). The fourth-order valence-corrected chi connectivity index (χ4v) is 2.70. The molecule has 0 unspecified atom stereocenters. The Balaban J connectivity index is 1.91. The van der Waals surface area contributed by atoms with E-state index in [9.17, 15) is 0 Å². The highest BCUT2D eigenvalue weighted by molar-refractivity contribution is 6.64. The van der Waals surface area contributed by atoms with Crippen molar-refractivity contribution in [1.82, 2.24) is 0 Å². The molecular formula is C4H10N3O2Si2. The zero-order valence-corrected chi connectivity index (χ0v) is 8.04. The lowest BCUT2D eigenvalue weighted by Gasteiger charge is -2.21. The third kappa shape index (κ3) is 3.51. The molecule has 0 spiro atoms. The summed E-state index contributed by atoms with van der Waals surface area (Å²) in [6.07, 6.45) is 0.941. The maximum absolute atomic E-state index is 5.13. The summed E-state index contributed by atoms with van der Waals surface area (Å²) in [6, 6.07) is 0.967. The number of nitrogens with zero attached hydrogens (tertiary/aromatic N) is 1. The summed E-state index contributed by atoms with van der Waals surface area (Å²) in [4.78, 5) is 3.83. The molecule has 1 aliphatic heterocycles. The molecular weight excluding hydrogens is 178 g/mol. The summed E-state index contributed by atoms with van der Waals surface area (Å²) in [5.74, 6) is 0.152. The molecule has 1 aliphatic rings. The van der Waals surface area contributed by atoms with Crippen LogP contribution in [0.25, 0.3) is 0 Å². The third-order valence-corrected chi connectivity index (χ3v) is 4.39. The van der Waals surface area contributed by atoms with E-state index in [1.165, 1.54) is 0 Å². The Bertz CT molecular complexity index is 146. The number of aliphatic imine (C=N–C) groups is 1. The van der Waals surface area contributed by atoms with Crippen molar-refractivity contribution in [2.75, 3.05) is 6.54 Å². The number of hydrogen-bond acceptors (Lipinski definition) is 3. The highest BCUT2D eigenvalue weighted by Gasteiger charge is 2.25. The fraction of sp³-hybridized carbons (Fsp3) is 0.750. The number of rotatable bonds is 4. The Kier molecular flexibility index (Phi) is 3.56. The first-order chi connectivity index (χ1) is 5.29. The summed E-state index contributed by atoms with van der Waals surface area (Å²) < 4.78 is 10.3. The maximum Gasteiger partial charge on any atom is 0.413 e. The van der Waals surface area contributed by atoms with Crippen LogP contribution in [0.3, 0.4) is 0 Å². The van der Waals surface area contributed by atoms with E-state index in [0.717, 1.165) is 12.5 Å². The predicted octanol–water partition coefficient (Wildman–Crippen LogP) is -1.28. The van der Waals surface area contributed by atoms with Gasteiger partial charge in [0.25, 0.3) is 0 Å². The maximum atomic E-state index is 5.13.